The first-order chi connectivity index (χ1) is 8.58. The van der Waals surface area contributed by atoms with E-state index in [2.05, 4.69) is 12.2 Å². The summed E-state index contributed by atoms with van der Waals surface area (Å²) in [4.78, 5) is 10.1. The molecular weight excluding hydrogens is 256 g/mol. The van der Waals surface area contributed by atoms with Crippen LogP contribution in [0.1, 0.15) is 19.8 Å². The van der Waals surface area contributed by atoms with Gasteiger partial charge in [0.25, 0.3) is 5.69 Å². The van der Waals surface area contributed by atoms with Crippen LogP contribution in [0.3, 0.4) is 0 Å². The van der Waals surface area contributed by atoms with E-state index in [1.807, 2.05) is 0 Å². The summed E-state index contributed by atoms with van der Waals surface area (Å²) in [6.07, 6.45) is 1.97. The number of hydrogen-bond acceptors (Lipinski definition) is 4. The molecule has 0 radical (unpaired) electrons. The van der Waals surface area contributed by atoms with Crippen molar-refractivity contribution in [3.63, 3.8) is 0 Å². The van der Waals surface area contributed by atoms with Gasteiger partial charge in [-0.3, -0.25) is 10.1 Å². The fourth-order valence-corrected chi connectivity index (χ4v) is 1.93. The number of rotatable bonds is 7. The number of nitro groups is 1. The van der Waals surface area contributed by atoms with Gasteiger partial charge in [-0.1, -0.05) is 24.9 Å². The fraction of sp³-hybridized carbons (Fsp3) is 0.500. The van der Waals surface area contributed by atoms with Gasteiger partial charge in [0, 0.05) is 25.3 Å². The molecule has 18 heavy (non-hydrogen) atoms. The molecule has 1 N–H and O–H groups in total. The molecule has 1 aromatic rings. The molecule has 0 aromatic heterocycles. The first-order valence-corrected chi connectivity index (χ1v) is 6.15. The van der Waals surface area contributed by atoms with Crippen LogP contribution in [0.2, 0.25) is 5.02 Å². The summed E-state index contributed by atoms with van der Waals surface area (Å²) in [7, 11) is 1.64. The van der Waals surface area contributed by atoms with Gasteiger partial charge in [0.1, 0.15) is 0 Å². The minimum atomic E-state index is -0.464. The van der Waals surface area contributed by atoms with Crippen molar-refractivity contribution >= 4 is 23.0 Å². The van der Waals surface area contributed by atoms with Crippen LogP contribution in [0, 0.1) is 10.1 Å². The van der Waals surface area contributed by atoms with Gasteiger partial charge in [-0.15, -0.1) is 0 Å². The molecular formula is C12H17ClN2O3. The van der Waals surface area contributed by atoms with Crippen LogP contribution in [0.25, 0.3) is 0 Å². The van der Waals surface area contributed by atoms with Crippen molar-refractivity contribution in [2.24, 2.45) is 0 Å². The lowest BCUT2D eigenvalue weighted by Crippen LogP contribution is -2.24. The number of halogens is 1. The summed E-state index contributed by atoms with van der Waals surface area (Å²) in [5, 5.41) is 14.2. The Kier molecular flexibility index (Phi) is 5.88. The van der Waals surface area contributed by atoms with Crippen LogP contribution in [0.5, 0.6) is 0 Å². The summed E-state index contributed by atoms with van der Waals surface area (Å²) < 4.78 is 5.12. The van der Waals surface area contributed by atoms with E-state index in [1.165, 1.54) is 12.1 Å². The highest BCUT2D eigenvalue weighted by molar-refractivity contribution is 6.33. The van der Waals surface area contributed by atoms with Gasteiger partial charge in [0.05, 0.1) is 22.2 Å². The summed E-state index contributed by atoms with van der Waals surface area (Å²) >= 11 is 6.01. The van der Waals surface area contributed by atoms with Crippen molar-refractivity contribution in [2.75, 3.05) is 19.0 Å². The van der Waals surface area contributed by atoms with E-state index in [9.17, 15) is 10.1 Å². The topological polar surface area (TPSA) is 64.4 Å². The molecule has 1 aromatic carbocycles. The van der Waals surface area contributed by atoms with Crippen LogP contribution < -0.4 is 5.32 Å². The van der Waals surface area contributed by atoms with Crippen LogP contribution in [0.4, 0.5) is 11.4 Å². The van der Waals surface area contributed by atoms with E-state index in [1.54, 1.807) is 13.2 Å². The molecule has 6 heteroatoms. The highest BCUT2D eigenvalue weighted by atomic mass is 35.5. The molecule has 1 rings (SSSR count). The second kappa shape index (κ2) is 7.18. The predicted octanol–water partition coefficient (Wildman–Crippen LogP) is 3.48. The lowest BCUT2D eigenvalue weighted by atomic mass is 10.1. The number of non-ortho nitro benzene ring substituents is 1. The highest BCUT2D eigenvalue weighted by Crippen LogP contribution is 2.27. The summed E-state index contributed by atoms with van der Waals surface area (Å²) in [6.45, 7) is 2.66. The first-order valence-electron chi connectivity index (χ1n) is 5.77. The number of benzene rings is 1. The molecule has 0 saturated carbocycles. The molecule has 100 valence electrons. The Balaban J connectivity index is 2.79. The number of ether oxygens (including phenoxy) is 1. The maximum Gasteiger partial charge on any atom is 0.271 e. The Bertz CT molecular complexity index is 406. The minimum absolute atomic E-state index is 0.00988. The largest absolute Gasteiger partial charge is 0.383 e. The maximum absolute atomic E-state index is 10.6. The minimum Gasteiger partial charge on any atom is -0.383 e. The Morgan fingerprint density at radius 2 is 2.28 bits per heavy atom. The van der Waals surface area contributed by atoms with Gasteiger partial charge < -0.3 is 10.1 Å². The van der Waals surface area contributed by atoms with Gasteiger partial charge in [-0.2, -0.15) is 0 Å². The zero-order valence-corrected chi connectivity index (χ0v) is 11.2. The number of nitrogens with one attached hydrogen (secondary N) is 1. The molecule has 0 fully saturated rings. The molecule has 0 aliphatic carbocycles. The third-order valence-electron chi connectivity index (χ3n) is 2.53. The molecule has 1 atom stereocenters. The standard InChI is InChI=1S/C12H17ClN2O3/c1-3-4-9(8-18-2)14-12-6-5-10(15(16)17)7-11(12)13/h5-7,9,14H,3-4,8H2,1-2H3. The lowest BCUT2D eigenvalue weighted by molar-refractivity contribution is -0.384. The molecule has 0 saturated heterocycles. The van der Waals surface area contributed by atoms with Crippen molar-refractivity contribution < 1.29 is 9.66 Å². The van der Waals surface area contributed by atoms with E-state index in [-0.39, 0.29) is 11.7 Å². The third-order valence-corrected chi connectivity index (χ3v) is 2.84. The van der Waals surface area contributed by atoms with Crippen LogP contribution in [0.15, 0.2) is 18.2 Å². The van der Waals surface area contributed by atoms with Crippen molar-refractivity contribution in [1.82, 2.24) is 0 Å². The second-order valence-electron chi connectivity index (χ2n) is 4.01. The van der Waals surface area contributed by atoms with E-state index < -0.39 is 4.92 Å². The zero-order chi connectivity index (χ0) is 13.5. The van der Waals surface area contributed by atoms with Gasteiger partial charge in [-0.25, -0.2) is 0 Å². The predicted molar refractivity (Wildman–Crippen MR) is 72.3 cm³/mol. The normalized spacial score (nSPS) is 12.2. The summed E-state index contributed by atoms with van der Waals surface area (Å²) in [5.74, 6) is 0. The molecule has 0 heterocycles. The molecule has 0 aliphatic heterocycles. The summed E-state index contributed by atoms with van der Waals surface area (Å²) in [6, 6.07) is 4.56. The monoisotopic (exact) mass is 272 g/mol. The fourth-order valence-electron chi connectivity index (χ4n) is 1.70. The van der Waals surface area contributed by atoms with Crippen molar-refractivity contribution in [1.29, 1.82) is 0 Å². The average Bonchev–Trinajstić information content (AvgIpc) is 2.32. The molecule has 0 spiro atoms. The maximum atomic E-state index is 10.6. The van der Waals surface area contributed by atoms with Gasteiger partial charge >= 0.3 is 0 Å². The average molecular weight is 273 g/mol. The van der Waals surface area contributed by atoms with Gasteiger partial charge in [0.2, 0.25) is 0 Å². The molecule has 0 bridgehead atoms. The van der Waals surface area contributed by atoms with Crippen LogP contribution >= 0.6 is 11.6 Å². The number of methoxy groups -OCH3 is 1. The van der Waals surface area contributed by atoms with Crippen molar-refractivity contribution in [3.05, 3.63) is 33.3 Å². The first kappa shape index (κ1) is 14.7. The molecule has 1 unspecified atom stereocenters. The van der Waals surface area contributed by atoms with Crippen LogP contribution in [-0.4, -0.2) is 24.7 Å². The van der Waals surface area contributed by atoms with Crippen LogP contribution in [-0.2, 0) is 4.74 Å². The van der Waals surface area contributed by atoms with Gasteiger partial charge in [-0.05, 0) is 12.5 Å². The number of hydrogen-bond donors (Lipinski definition) is 1. The quantitative estimate of drug-likeness (QED) is 0.610. The van der Waals surface area contributed by atoms with E-state index in [0.717, 1.165) is 12.8 Å². The molecule has 0 amide bonds. The highest BCUT2D eigenvalue weighted by Gasteiger charge is 2.12. The number of nitrogens with zero attached hydrogens (tertiary/aromatic N) is 1. The third kappa shape index (κ3) is 4.16. The molecule has 0 aliphatic rings. The number of anilines is 1. The zero-order valence-electron chi connectivity index (χ0n) is 10.5. The van der Waals surface area contributed by atoms with E-state index in [4.69, 9.17) is 16.3 Å². The van der Waals surface area contributed by atoms with Crippen molar-refractivity contribution in [3.8, 4) is 0 Å². The second-order valence-corrected chi connectivity index (χ2v) is 4.41. The SMILES string of the molecule is CCCC(COC)Nc1ccc([N+](=O)[O-])cc1Cl. The van der Waals surface area contributed by atoms with E-state index >= 15 is 0 Å². The Morgan fingerprint density at radius 1 is 1.56 bits per heavy atom. The number of nitro benzene ring substituents is 1. The Hall–Kier alpha value is -1.33. The summed E-state index contributed by atoms with van der Waals surface area (Å²) in [5.41, 5.74) is 0.682. The smallest absolute Gasteiger partial charge is 0.271 e. The van der Waals surface area contributed by atoms with Gasteiger partial charge in [0.15, 0.2) is 0 Å². The van der Waals surface area contributed by atoms with E-state index in [0.29, 0.717) is 17.3 Å². The lowest BCUT2D eigenvalue weighted by Gasteiger charge is -2.19. The van der Waals surface area contributed by atoms with Crippen molar-refractivity contribution in [2.45, 2.75) is 25.8 Å². The Morgan fingerprint density at radius 3 is 2.78 bits per heavy atom. The molecule has 5 nitrogen and oxygen atoms in total. The Labute approximate surface area is 111 Å².